The maximum atomic E-state index is 12.5. The van der Waals surface area contributed by atoms with E-state index in [9.17, 15) is 4.79 Å². The molecule has 0 aliphatic carbocycles. The van der Waals surface area contributed by atoms with Crippen LogP contribution < -0.4 is 10.6 Å². The number of thiocarbonyl (C=S) groups is 1. The normalized spacial score (nSPS) is 10.4. The molecular weight excluding hydrogens is 363 g/mol. The van der Waals surface area contributed by atoms with Crippen LogP contribution in [0.15, 0.2) is 60.7 Å². The van der Waals surface area contributed by atoms with Crippen LogP contribution in [0.2, 0.25) is 10.0 Å². The molecule has 3 rings (SSSR count). The van der Waals surface area contributed by atoms with Crippen molar-refractivity contribution in [2.24, 2.45) is 0 Å². The Hall–Kier alpha value is -2.14. The van der Waals surface area contributed by atoms with E-state index >= 15 is 0 Å². The molecule has 0 spiro atoms. The standard InChI is InChI=1S/C18H12Cl2N2OS/c19-14-9-4-5-11-12(14)6-3-7-13(11)17(23)22-18(24)21-16-10-2-1-8-15(16)20/h1-10H,(H2,21,22,23,24). The summed E-state index contributed by atoms with van der Waals surface area (Å²) in [6.07, 6.45) is 0. The molecule has 1 amide bonds. The second kappa shape index (κ2) is 7.18. The second-order valence-electron chi connectivity index (χ2n) is 5.03. The molecule has 3 aromatic rings. The number of carbonyl (C=O) groups is 1. The Labute approximate surface area is 154 Å². The summed E-state index contributed by atoms with van der Waals surface area (Å²) in [7, 11) is 0. The summed E-state index contributed by atoms with van der Waals surface area (Å²) < 4.78 is 0. The maximum Gasteiger partial charge on any atom is 0.258 e. The largest absolute Gasteiger partial charge is 0.331 e. The van der Waals surface area contributed by atoms with Gasteiger partial charge >= 0.3 is 0 Å². The van der Waals surface area contributed by atoms with Gasteiger partial charge in [0.2, 0.25) is 0 Å². The van der Waals surface area contributed by atoms with Gasteiger partial charge in [0.05, 0.1) is 10.7 Å². The molecule has 6 heteroatoms. The SMILES string of the molecule is O=C(NC(=S)Nc1ccccc1Cl)c1cccc2c(Cl)cccc12. The number of hydrogen-bond donors (Lipinski definition) is 2. The van der Waals surface area contributed by atoms with Gasteiger partial charge in [0, 0.05) is 16.0 Å². The van der Waals surface area contributed by atoms with Gasteiger partial charge in [-0.2, -0.15) is 0 Å². The molecule has 0 aromatic heterocycles. The summed E-state index contributed by atoms with van der Waals surface area (Å²) in [5.41, 5.74) is 1.13. The molecule has 120 valence electrons. The van der Waals surface area contributed by atoms with Crippen LogP contribution in [0.3, 0.4) is 0 Å². The van der Waals surface area contributed by atoms with Gasteiger partial charge in [0.15, 0.2) is 5.11 Å². The van der Waals surface area contributed by atoms with Gasteiger partial charge in [-0.1, -0.05) is 59.6 Å². The van der Waals surface area contributed by atoms with Crippen molar-refractivity contribution in [2.75, 3.05) is 5.32 Å². The molecule has 0 saturated heterocycles. The third-order valence-electron chi connectivity index (χ3n) is 3.46. The van der Waals surface area contributed by atoms with E-state index < -0.39 is 0 Å². The number of amides is 1. The second-order valence-corrected chi connectivity index (χ2v) is 6.25. The lowest BCUT2D eigenvalue weighted by atomic mass is 10.0. The van der Waals surface area contributed by atoms with Crippen LogP contribution in [0.1, 0.15) is 10.4 Å². The topological polar surface area (TPSA) is 41.1 Å². The number of carbonyl (C=O) groups excluding carboxylic acids is 1. The van der Waals surface area contributed by atoms with Crippen LogP contribution in [0, 0.1) is 0 Å². The lowest BCUT2D eigenvalue weighted by Crippen LogP contribution is -2.34. The Balaban J connectivity index is 1.82. The monoisotopic (exact) mass is 374 g/mol. The van der Waals surface area contributed by atoms with E-state index in [1.807, 2.05) is 30.3 Å². The summed E-state index contributed by atoms with van der Waals surface area (Å²) in [6, 6.07) is 18.0. The molecule has 0 heterocycles. The summed E-state index contributed by atoms with van der Waals surface area (Å²) in [6.45, 7) is 0. The molecule has 24 heavy (non-hydrogen) atoms. The van der Waals surface area contributed by atoms with E-state index in [1.54, 1.807) is 30.3 Å². The average molecular weight is 375 g/mol. The summed E-state index contributed by atoms with van der Waals surface area (Å²) >= 11 is 17.4. The van der Waals surface area contributed by atoms with Gasteiger partial charge in [-0.15, -0.1) is 0 Å². The van der Waals surface area contributed by atoms with Crippen molar-refractivity contribution in [2.45, 2.75) is 0 Å². The molecule has 0 atom stereocenters. The van der Waals surface area contributed by atoms with E-state index in [4.69, 9.17) is 35.4 Å². The van der Waals surface area contributed by atoms with E-state index in [1.165, 1.54) is 0 Å². The highest BCUT2D eigenvalue weighted by Gasteiger charge is 2.13. The van der Waals surface area contributed by atoms with Gasteiger partial charge in [-0.3, -0.25) is 10.1 Å². The highest BCUT2D eigenvalue weighted by molar-refractivity contribution is 7.80. The zero-order valence-electron chi connectivity index (χ0n) is 12.3. The Bertz CT molecular complexity index is 943. The first-order valence-electron chi connectivity index (χ1n) is 7.10. The minimum Gasteiger partial charge on any atom is -0.331 e. The number of benzene rings is 3. The first-order valence-corrected chi connectivity index (χ1v) is 8.27. The van der Waals surface area contributed by atoms with E-state index in [-0.39, 0.29) is 11.0 Å². The fourth-order valence-electron chi connectivity index (χ4n) is 2.36. The van der Waals surface area contributed by atoms with Crippen LogP contribution in [-0.4, -0.2) is 11.0 Å². The first-order chi connectivity index (χ1) is 11.6. The number of rotatable bonds is 2. The molecule has 3 aromatic carbocycles. The number of anilines is 1. The number of nitrogens with one attached hydrogen (secondary N) is 2. The number of hydrogen-bond acceptors (Lipinski definition) is 2. The quantitative estimate of drug-likeness (QED) is 0.600. The molecular formula is C18H12Cl2N2OS. The van der Waals surface area contributed by atoms with Crippen molar-refractivity contribution in [3.8, 4) is 0 Å². The Morgan fingerprint density at radius 2 is 1.50 bits per heavy atom. The summed E-state index contributed by atoms with van der Waals surface area (Å²) in [5.74, 6) is -0.313. The maximum absolute atomic E-state index is 12.5. The molecule has 0 unspecified atom stereocenters. The lowest BCUT2D eigenvalue weighted by molar-refractivity contribution is 0.0979. The zero-order valence-corrected chi connectivity index (χ0v) is 14.7. The molecule has 0 radical (unpaired) electrons. The van der Waals surface area contributed by atoms with Gasteiger partial charge in [-0.05, 0) is 41.9 Å². The molecule has 0 aliphatic rings. The van der Waals surface area contributed by atoms with Gasteiger partial charge in [-0.25, -0.2) is 0 Å². The molecule has 2 N–H and O–H groups in total. The van der Waals surface area contributed by atoms with E-state index in [2.05, 4.69) is 10.6 Å². The van der Waals surface area contributed by atoms with Crippen molar-refractivity contribution in [3.05, 3.63) is 76.3 Å². The first kappa shape index (κ1) is 16.7. The van der Waals surface area contributed by atoms with Crippen LogP contribution >= 0.6 is 35.4 Å². The molecule has 0 saturated carbocycles. The Morgan fingerprint density at radius 3 is 2.29 bits per heavy atom. The molecule has 0 fully saturated rings. The lowest BCUT2D eigenvalue weighted by Gasteiger charge is -2.12. The average Bonchev–Trinajstić information content (AvgIpc) is 2.57. The molecule has 0 aliphatic heterocycles. The molecule has 0 bridgehead atoms. The van der Waals surface area contributed by atoms with E-state index in [0.29, 0.717) is 21.3 Å². The smallest absolute Gasteiger partial charge is 0.258 e. The van der Waals surface area contributed by atoms with Crippen molar-refractivity contribution in [3.63, 3.8) is 0 Å². The van der Waals surface area contributed by atoms with Crippen molar-refractivity contribution in [1.82, 2.24) is 5.32 Å². The van der Waals surface area contributed by atoms with Crippen LogP contribution in [0.25, 0.3) is 10.8 Å². The van der Waals surface area contributed by atoms with Crippen molar-refractivity contribution in [1.29, 1.82) is 0 Å². The minimum atomic E-state index is -0.313. The Kier molecular flexibility index (Phi) is 5.00. The summed E-state index contributed by atoms with van der Waals surface area (Å²) in [5, 5.41) is 8.45. The van der Waals surface area contributed by atoms with Crippen molar-refractivity contribution < 1.29 is 4.79 Å². The number of fused-ring (bicyclic) bond motifs is 1. The third-order valence-corrected chi connectivity index (χ3v) is 4.33. The van der Waals surface area contributed by atoms with Crippen LogP contribution in [0.4, 0.5) is 5.69 Å². The predicted octanol–water partition coefficient (Wildman–Crippen LogP) is 5.27. The molecule has 3 nitrogen and oxygen atoms in total. The van der Waals surface area contributed by atoms with Crippen LogP contribution in [-0.2, 0) is 0 Å². The Morgan fingerprint density at radius 1 is 0.833 bits per heavy atom. The van der Waals surface area contributed by atoms with Gasteiger partial charge in [0.25, 0.3) is 5.91 Å². The fourth-order valence-corrected chi connectivity index (χ4v) is 2.98. The predicted molar refractivity (Wildman–Crippen MR) is 104 cm³/mol. The third kappa shape index (κ3) is 3.51. The number of halogens is 2. The van der Waals surface area contributed by atoms with Gasteiger partial charge in [0.1, 0.15) is 0 Å². The van der Waals surface area contributed by atoms with Crippen molar-refractivity contribution >= 4 is 62.9 Å². The zero-order chi connectivity index (χ0) is 17.1. The van der Waals surface area contributed by atoms with Gasteiger partial charge < -0.3 is 5.32 Å². The van der Waals surface area contributed by atoms with Crippen LogP contribution in [0.5, 0.6) is 0 Å². The van der Waals surface area contributed by atoms with E-state index in [0.717, 1.165) is 10.8 Å². The highest BCUT2D eigenvalue weighted by atomic mass is 35.5. The number of para-hydroxylation sites is 1. The fraction of sp³-hybridized carbons (Fsp3) is 0. The summed E-state index contributed by atoms with van der Waals surface area (Å²) in [4.78, 5) is 12.5. The highest BCUT2D eigenvalue weighted by Crippen LogP contribution is 2.26. The minimum absolute atomic E-state index is 0.173.